The number of carbonyl (C=O) groups excluding carboxylic acids is 2. The van der Waals surface area contributed by atoms with Crippen molar-refractivity contribution in [2.24, 2.45) is 0 Å². The highest BCUT2D eigenvalue weighted by Crippen LogP contribution is 2.20. The fourth-order valence-corrected chi connectivity index (χ4v) is 2.17. The number of hydrazine groups is 1. The van der Waals surface area contributed by atoms with Gasteiger partial charge in [-0.15, -0.1) is 0 Å². The van der Waals surface area contributed by atoms with Gasteiger partial charge in [0.15, 0.2) is 0 Å². The molecule has 2 aromatic rings. The maximum Gasteiger partial charge on any atom is 0.273 e. The number of carbonyl (C=O) groups is 2. The first kappa shape index (κ1) is 16.2. The van der Waals surface area contributed by atoms with E-state index >= 15 is 0 Å². The van der Waals surface area contributed by atoms with Gasteiger partial charge < -0.3 is 4.42 Å². The average molecular weight is 317 g/mol. The van der Waals surface area contributed by atoms with Crippen LogP contribution in [0.2, 0.25) is 0 Å². The maximum absolute atomic E-state index is 12.1. The summed E-state index contributed by atoms with van der Waals surface area (Å²) in [7, 11) is 0. The monoisotopic (exact) mass is 317 g/mol. The number of hydrogen-bond acceptors (Lipinski definition) is 5. The van der Waals surface area contributed by atoms with Crippen molar-refractivity contribution in [1.82, 2.24) is 10.9 Å². The number of furan rings is 1. The van der Waals surface area contributed by atoms with Gasteiger partial charge in [-0.3, -0.25) is 30.6 Å². The largest absolute Gasteiger partial charge is 0.466 e. The van der Waals surface area contributed by atoms with Gasteiger partial charge in [0.2, 0.25) is 0 Å². The molecule has 0 aliphatic carbocycles. The topological polar surface area (TPSA) is 114 Å². The molecular formula is C15H15N3O5. The van der Waals surface area contributed by atoms with Crippen LogP contribution in [0.3, 0.4) is 0 Å². The third-order valence-electron chi connectivity index (χ3n) is 3.32. The van der Waals surface area contributed by atoms with Gasteiger partial charge >= 0.3 is 0 Å². The summed E-state index contributed by atoms with van der Waals surface area (Å²) in [5.74, 6) is -0.164. The fourth-order valence-electron chi connectivity index (χ4n) is 2.17. The highest BCUT2D eigenvalue weighted by Gasteiger charge is 2.19. The van der Waals surface area contributed by atoms with Crippen molar-refractivity contribution in [3.63, 3.8) is 0 Å². The summed E-state index contributed by atoms with van der Waals surface area (Å²) >= 11 is 0. The first-order valence-electron chi connectivity index (χ1n) is 6.73. The van der Waals surface area contributed by atoms with Gasteiger partial charge in [0.25, 0.3) is 17.5 Å². The van der Waals surface area contributed by atoms with E-state index in [0.29, 0.717) is 17.1 Å². The number of nitrogens with one attached hydrogen (secondary N) is 2. The van der Waals surface area contributed by atoms with Crippen LogP contribution in [0.1, 0.15) is 37.8 Å². The van der Waals surface area contributed by atoms with Crippen molar-refractivity contribution in [3.05, 3.63) is 62.6 Å². The number of amides is 2. The Bertz CT molecular complexity index is 794. The summed E-state index contributed by atoms with van der Waals surface area (Å²) in [4.78, 5) is 34.4. The summed E-state index contributed by atoms with van der Waals surface area (Å²) in [5.41, 5.74) is 4.97. The molecule has 0 fully saturated rings. The molecule has 8 heteroatoms. The van der Waals surface area contributed by atoms with Gasteiger partial charge in [0, 0.05) is 11.6 Å². The lowest BCUT2D eigenvalue weighted by Gasteiger charge is -2.09. The van der Waals surface area contributed by atoms with Crippen LogP contribution in [0.5, 0.6) is 0 Å². The second-order valence-electron chi connectivity index (χ2n) is 4.94. The average Bonchev–Trinajstić information content (AvgIpc) is 2.83. The van der Waals surface area contributed by atoms with Crippen LogP contribution in [0.15, 0.2) is 28.7 Å². The molecule has 0 unspecified atom stereocenters. The van der Waals surface area contributed by atoms with Gasteiger partial charge in [-0.25, -0.2) is 0 Å². The van der Waals surface area contributed by atoms with E-state index in [1.807, 2.05) is 0 Å². The third-order valence-corrected chi connectivity index (χ3v) is 3.32. The van der Waals surface area contributed by atoms with E-state index in [0.717, 1.165) is 0 Å². The molecule has 23 heavy (non-hydrogen) atoms. The Kier molecular flexibility index (Phi) is 4.44. The Morgan fingerprint density at radius 2 is 1.70 bits per heavy atom. The zero-order valence-electron chi connectivity index (χ0n) is 12.8. The predicted octanol–water partition coefficient (Wildman–Crippen LogP) is 2.19. The van der Waals surface area contributed by atoms with E-state index in [2.05, 4.69) is 10.9 Å². The molecule has 120 valence electrons. The summed E-state index contributed by atoms with van der Waals surface area (Å²) < 4.78 is 5.24. The zero-order chi connectivity index (χ0) is 17.1. The van der Waals surface area contributed by atoms with E-state index < -0.39 is 16.7 Å². The number of nitro benzene ring substituents is 1. The molecule has 2 rings (SSSR count). The van der Waals surface area contributed by atoms with E-state index in [1.54, 1.807) is 19.9 Å². The lowest BCUT2D eigenvalue weighted by molar-refractivity contribution is -0.385. The number of nitrogens with zero attached hydrogens (tertiary/aromatic N) is 1. The molecule has 0 spiro atoms. The highest BCUT2D eigenvalue weighted by atomic mass is 16.6. The SMILES string of the molecule is Cc1cc(C(=O)NNC(=O)c2cccc([N+](=O)[O-])c2C)c(C)o1. The van der Waals surface area contributed by atoms with E-state index in [1.165, 1.54) is 25.1 Å². The molecule has 8 nitrogen and oxygen atoms in total. The van der Waals surface area contributed by atoms with E-state index in [-0.39, 0.29) is 16.8 Å². The predicted molar refractivity (Wildman–Crippen MR) is 80.9 cm³/mol. The van der Waals surface area contributed by atoms with E-state index in [9.17, 15) is 19.7 Å². The lowest BCUT2D eigenvalue weighted by atomic mass is 10.1. The number of nitro groups is 1. The molecule has 2 N–H and O–H groups in total. The summed E-state index contributed by atoms with van der Waals surface area (Å²) in [6.07, 6.45) is 0. The molecular weight excluding hydrogens is 302 g/mol. The molecule has 0 radical (unpaired) electrons. The Labute approximate surface area is 131 Å². The minimum Gasteiger partial charge on any atom is -0.466 e. The van der Waals surface area contributed by atoms with Crippen LogP contribution in [-0.4, -0.2) is 16.7 Å². The van der Waals surface area contributed by atoms with Gasteiger partial charge in [0.1, 0.15) is 11.5 Å². The van der Waals surface area contributed by atoms with Crippen molar-refractivity contribution >= 4 is 17.5 Å². The Hall–Kier alpha value is -3.16. The second kappa shape index (κ2) is 6.30. The Morgan fingerprint density at radius 1 is 1.09 bits per heavy atom. The molecule has 0 aliphatic rings. The van der Waals surface area contributed by atoms with E-state index in [4.69, 9.17) is 4.42 Å². The van der Waals surface area contributed by atoms with Crippen molar-refractivity contribution < 1.29 is 18.9 Å². The zero-order valence-corrected chi connectivity index (χ0v) is 12.8. The van der Waals surface area contributed by atoms with Gasteiger partial charge in [-0.05, 0) is 32.9 Å². The minimum absolute atomic E-state index is 0.111. The minimum atomic E-state index is -0.641. The number of rotatable bonds is 3. The normalized spacial score (nSPS) is 10.2. The number of aryl methyl sites for hydroxylation is 2. The van der Waals surface area contributed by atoms with Crippen molar-refractivity contribution in [3.8, 4) is 0 Å². The molecule has 1 heterocycles. The molecule has 2 amide bonds. The second-order valence-corrected chi connectivity index (χ2v) is 4.94. The molecule has 0 aliphatic heterocycles. The van der Waals surface area contributed by atoms with Crippen molar-refractivity contribution in [2.45, 2.75) is 20.8 Å². The first-order chi connectivity index (χ1) is 10.8. The van der Waals surface area contributed by atoms with Crippen LogP contribution < -0.4 is 10.9 Å². The van der Waals surface area contributed by atoms with Crippen molar-refractivity contribution in [1.29, 1.82) is 0 Å². The van der Waals surface area contributed by atoms with Crippen LogP contribution in [0.25, 0.3) is 0 Å². The van der Waals surface area contributed by atoms with Crippen molar-refractivity contribution in [2.75, 3.05) is 0 Å². The summed E-state index contributed by atoms with van der Waals surface area (Å²) in [5, 5.41) is 10.9. The Balaban J connectivity index is 2.11. The molecule has 0 atom stereocenters. The van der Waals surface area contributed by atoms with Gasteiger partial charge in [-0.2, -0.15) is 0 Å². The number of hydrogen-bond donors (Lipinski definition) is 2. The van der Waals surface area contributed by atoms with Gasteiger partial charge in [0.05, 0.1) is 16.1 Å². The Morgan fingerprint density at radius 3 is 2.22 bits per heavy atom. The first-order valence-corrected chi connectivity index (χ1v) is 6.73. The third kappa shape index (κ3) is 3.37. The number of benzene rings is 1. The quantitative estimate of drug-likeness (QED) is 0.665. The molecule has 0 bridgehead atoms. The van der Waals surface area contributed by atoms with Crippen LogP contribution in [0.4, 0.5) is 5.69 Å². The smallest absolute Gasteiger partial charge is 0.273 e. The summed E-state index contributed by atoms with van der Waals surface area (Å²) in [6, 6.07) is 5.71. The van der Waals surface area contributed by atoms with Gasteiger partial charge in [-0.1, -0.05) is 6.07 Å². The fraction of sp³-hybridized carbons (Fsp3) is 0.200. The molecule has 1 aromatic carbocycles. The van der Waals surface area contributed by atoms with Crippen LogP contribution in [-0.2, 0) is 0 Å². The standard InChI is InChI=1S/C15H15N3O5/c1-8-7-12(10(3)23-8)15(20)17-16-14(19)11-5-4-6-13(9(11)2)18(21)22/h4-7H,1-3H3,(H,16,19)(H,17,20). The van der Waals surface area contributed by atoms with Crippen LogP contribution in [0, 0.1) is 30.9 Å². The lowest BCUT2D eigenvalue weighted by Crippen LogP contribution is -2.42. The summed E-state index contributed by atoms with van der Waals surface area (Å²) in [6.45, 7) is 4.81. The van der Waals surface area contributed by atoms with Crippen LogP contribution >= 0.6 is 0 Å². The molecule has 1 aromatic heterocycles. The highest BCUT2D eigenvalue weighted by molar-refractivity contribution is 6.00. The maximum atomic E-state index is 12.1. The molecule has 0 saturated heterocycles. The molecule has 0 saturated carbocycles.